The van der Waals surface area contributed by atoms with Crippen LogP contribution in [0.5, 0.6) is 0 Å². The van der Waals surface area contributed by atoms with Crippen molar-refractivity contribution in [2.45, 2.75) is 18.9 Å². The van der Waals surface area contributed by atoms with E-state index in [-0.39, 0.29) is 6.03 Å². The van der Waals surface area contributed by atoms with E-state index < -0.39 is 0 Å². The van der Waals surface area contributed by atoms with Crippen LogP contribution in [0.2, 0.25) is 5.02 Å². The van der Waals surface area contributed by atoms with Crippen molar-refractivity contribution < 1.29 is 4.79 Å². The molecule has 2 aromatic rings. The zero-order chi connectivity index (χ0) is 14.7. The van der Waals surface area contributed by atoms with Crippen LogP contribution >= 0.6 is 11.6 Å². The number of hydrogen-bond acceptors (Lipinski definition) is 3. The summed E-state index contributed by atoms with van der Waals surface area (Å²) < 4.78 is 0. The fraction of sp³-hybridized carbons (Fsp3) is 0.200. The quantitative estimate of drug-likeness (QED) is 0.805. The number of aromatic nitrogens is 1. The normalized spacial score (nSPS) is 13.6. The number of nitrogens with one attached hydrogen (secondary N) is 3. The largest absolute Gasteiger partial charge is 0.340 e. The molecule has 1 aromatic heterocycles. The standard InChI is InChI=1S/C15H15ClN4O/c16-10-2-1-3-12(8-10)18-14-7-6-13(9-17-14)20-15(21)19-11-4-5-11/h1-3,6-9,11H,4-5H2,(H,17,18)(H2,19,20,21). The van der Waals surface area contributed by atoms with Crippen LogP contribution in [0.25, 0.3) is 0 Å². The van der Waals surface area contributed by atoms with E-state index in [9.17, 15) is 4.79 Å². The van der Waals surface area contributed by atoms with Crippen LogP contribution in [0.1, 0.15) is 12.8 Å². The van der Waals surface area contributed by atoms with Crippen molar-refractivity contribution in [3.8, 4) is 0 Å². The molecule has 1 aliphatic rings. The first-order valence-corrected chi connectivity index (χ1v) is 7.13. The summed E-state index contributed by atoms with van der Waals surface area (Å²) in [5.41, 5.74) is 1.52. The number of hydrogen-bond donors (Lipinski definition) is 3. The van der Waals surface area contributed by atoms with Gasteiger partial charge >= 0.3 is 6.03 Å². The van der Waals surface area contributed by atoms with Gasteiger partial charge in [-0.25, -0.2) is 9.78 Å². The molecule has 0 bridgehead atoms. The second-order valence-electron chi connectivity index (χ2n) is 4.94. The molecule has 2 amide bonds. The number of pyridine rings is 1. The molecule has 0 aliphatic heterocycles. The van der Waals surface area contributed by atoms with Crippen LogP contribution < -0.4 is 16.0 Å². The summed E-state index contributed by atoms with van der Waals surface area (Å²) >= 11 is 5.93. The molecule has 1 aromatic carbocycles. The highest BCUT2D eigenvalue weighted by atomic mass is 35.5. The first kappa shape index (κ1) is 13.7. The third-order valence-corrected chi connectivity index (χ3v) is 3.27. The Hall–Kier alpha value is -2.27. The van der Waals surface area contributed by atoms with Gasteiger partial charge in [0, 0.05) is 16.8 Å². The maximum absolute atomic E-state index is 11.6. The van der Waals surface area contributed by atoms with E-state index in [1.807, 2.05) is 24.3 Å². The van der Waals surface area contributed by atoms with Crippen LogP contribution in [-0.2, 0) is 0 Å². The zero-order valence-corrected chi connectivity index (χ0v) is 12.0. The molecule has 0 spiro atoms. The second kappa shape index (κ2) is 6.01. The molecule has 3 rings (SSSR count). The van der Waals surface area contributed by atoms with E-state index in [1.54, 1.807) is 18.3 Å². The van der Waals surface area contributed by atoms with Crippen molar-refractivity contribution >= 4 is 34.8 Å². The average Bonchev–Trinajstić information content (AvgIpc) is 3.25. The van der Waals surface area contributed by atoms with Gasteiger partial charge in [0.25, 0.3) is 0 Å². The summed E-state index contributed by atoms with van der Waals surface area (Å²) in [4.78, 5) is 15.9. The molecule has 1 heterocycles. The van der Waals surface area contributed by atoms with Crippen LogP contribution in [-0.4, -0.2) is 17.1 Å². The van der Waals surface area contributed by atoms with E-state index >= 15 is 0 Å². The molecule has 5 nitrogen and oxygen atoms in total. The van der Waals surface area contributed by atoms with Gasteiger partial charge < -0.3 is 16.0 Å². The lowest BCUT2D eigenvalue weighted by molar-refractivity contribution is 0.251. The number of carbonyl (C=O) groups excluding carboxylic acids is 1. The second-order valence-corrected chi connectivity index (χ2v) is 5.38. The van der Waals surface area contributed by atoms with E-state index in [0.29, 0.717) is 22.6 Å². The number of benzene rings is 1. The van der Waals surface area contributed by atoms with Crippen LogP contribution in [0.15, 0.2) is 42.6 Å². The third-order valence-electron chi connectivity index (χ3n) is 3.03. The minimum Gasteiger partial charge on any atom is -0.340 e. The number of rotatable bonds is 4. The Labute approximate surface area is 127 Å². The highest BCUT2D eigenvalue weighted by Gasteiger charge is 2.23. The van der Waals surface area contributed by atoms with Gasteiger partial charge in [-0.1, -0.05) is 17.7 Å². The monoisotopic (exact) mass is 302 g/mol. The molecular formula is C15H15ClN4O. The molecule has 108 valence electrons. The minimum absolute atomic E-state index is 0.185. The van der Waals surface area contributed by atoms with Crippen molar-refractivity contribution in [3.05, 3.63) is 47.6 Å². The van der Waals surface area contributed by atoms with Gasteiger partial charge in [0.05, 0.1) is 11.9 Å². The van der Waals surface area contributed by atoms with Crippen LogP contribution in [0.4, 0.5) is 22.0 Å². The number of amides is 2. The maximum Gasteiger partial charge on any atom is 0.319 e. The first-order valence-electron chi connectivity index (χ1n) is 6.75. The van der Waals surface area contributed by atoms with Gasteiger partial charge in [-0.2, -0.15) is 0 Å². The first-order chi connectivity index (χ1) is 10.2. The number of urea groups is 1. The zero-order valence-electron chi connectivity index (χ0n) is 11.3. The highest BCUT2D eigenvalue weighted by Crippen LogP contribution is 2.20. The molecule has 1 fully saturated rings. The lowest BCUT2D eigenvalue weighted by atomic mass is 10.3. The summed E-state index contributed by atoms with van der Waals surface area (Å²) in [5, 5.41) is 9.41. The van der Waals surface area contributed by atoms with Gasteiger partial charge in [0.1, 0.15) is 5.82 Å². The van der Waals surface area contributed by atoms with Crippen molar-refractivity contribution in [2.75, 3.05) is 10.6 Å². The summed E-state index contributed by atoms with van der Waals surface area (Å²) in [6, 6.07) is 11.1. The molecule has 0 atom stereocenters. The molecule has 21 heavy (non-hydrogen) atoms. The Kier molecular flexibility index (Phi) is 3.92. The van der Waals surface area contributed by atoms with E-state index in [2.05, 4.69) is 20.9 Å². The summed E-state index contributed by atoms with van der Waals surface area (Å²) in [6.07, 6.45) is 3.74. The lowest BCUT2D eigenvalue weighted by Gasteiger charge is -2.08. The Morgan fingerprint density at radius 2 is 2.05 bits per heavy atom. The number of carbonyl (C=O) groups is 1. The minimum atomic E-state index is -0.185. The molecule has 1 aliphatic carbocycles. The Morgan fingerprint density at radius 1 is 1.19 bits per heavy atom. The summed E-state index contributed by atoms with van der Waals surface area (Å²) in [6.45, 7) is 0. The predicted molar refractivity (Wildman–Crippen MR) is 84.1 cm³/mol. The maximum atomic E-state index is 11.6. The van der Waals surface area contributed by atoms with E-state index in [0.717, 1.165) is 18.5 Å². The van der Waals surface area contributed by atoms with Crippen molar-refractivity contribution in [1.82, 2.24) is 10.3 Å². The third kappa shape index (κ3) is 4.10. The fourth-order valence-electron chi connectivity index (χ4n) is 1.84. The predicted octanol–water partition coefficient (Wildman–Crippen LogP) is 3.76. The Bertz CT molecular complexity index is 640. The fourth-order valence-corrected chi connectivity index (χ4v) is 2.03. The Morgan fingerprint density at radius 3 is 2.71 bits per heavy atom. The van der Waals surface area contributed by atoms with Crippen LogP contribution in [0, 0.1) is 0 Å². The summed E-state index contributed by atoms with van der Waals surface area (Å²) in [5.74, 6) is 0.686. The average molecular weight is 303 g/mol. The number of anilines is 3. The molecule has 1 saturated carbocycles. The molecule has 0 radical (unpaired) electrons. The van der Waals surface area contributed by atoms with Crippen molar-refractivity contribution in [1.29, 1.82) is 0 Å². The Balaban J connectivity index is 1.59. The van der Waals surface area contributed by atoms with Gasteiger partial charge in [-0.05, 0) is 43.2 Å². The molecule has 3 N–H and O–H groups in total. The number of nitrogens with zero attached hydrogens (tertiary/aromatic N) is 1. The topological polar surface area (TPSA) is 66.0 Å². The summed E-state index contributed by atoms with van der Waals surface area (Å²) in [7, 11) is 0. The number of halogens is 1. The molecule has 0 unspecified atom stereocenters. The highest BCUT2D eigenvalue weighted by molar-refractivity contribution is 6.30. The molecule has 6 heteroatoms. The van der Waals surface area contributed by atoms with Gasteiger partial charge in [-0.3, -0.25) is 0 Å². The SMILES string of the molecule is O=C(Nc1ccc(Nc2cccc(Cl)c2)nc1)NC1CC1. The molecular weight excluding hydrogens is 288 g/mol. The van der Waals surface area contributed by atoms with E-state index in [1.165, 1.54) is 0 Å². The van der Waals surface area contributed by atoms with Gasteiger partial charge in [-0.15, -0.1) is 0 Å². The smallest absolute Gasteiger partial charge is 0.319 e. The van der Waals surface area contributed by atoms with Crippen LogP contribution in [0.3, 0.4) is 0 Å². The van der Waals surface area contributed by atoms with Crippen molar-refractivity contribution in [2.24, 2.45) is 0 Å². The van der Waals surface area contributed by atoms with Gasteiger partial charge in [0.2, 0.25) is 0 Å². The molecule has 0 saturated heterocycles. The van der Waals surface area contributed by atoms with Crippen molar-refractivity contribution in [3.63, 3.8) is 0 Å². The van der Waals surface area contributed by atoms with Gasteiger partial charge in [0.15, 0.2) is 0 Å². The van der Waals surface area contributed by atoms with E-state index in [4.69, 9.17) is 11.6 Å². The lowest BCUT2D eigenvalue weighted by Crippen LogP contribution is -2.30.